The molecule has 82 valence electrons. The molecule has 0 fully saturated rings. The second-order valence-electron chi connectivity index (χ2n) is 3.88. The first-order chi connectivity index (χ1) is 7.13. The van der Waals surface area contributed by atoms with E-state index in [1.54, 1.807) is 12.3 Å². The smallest absolute Gasteiger partial charge is 0.181 e. The molecule has 15 heavy (non-hydrogen) atoms. The Morgan fingerprint density at radius 2 is 2.27 bits per heavy atom. The first-order valence-electron chi connectivity index (χ1n) is 5.28. The molecule has 0 radical (unpaired) electrons. The summed E-state index contributed by atoms with van der Waals surface area (Å²) >= 11 is 3.30. The van der Waals surface area contributed by atoms with Crippen LogP contribution in [0.1, 0.15) is 43.6 Å². The van der Waals surface area contributed by atoms with Crippen molar-refractivity contribution in [3.63, 3.8) is 0 Å². The average Bonchev–Trinajstić information content (AvgIpc) is 2.18. The van der Waals surface area contributed by atoms with E-state index in [4.69, 9.17) is 0 Å². The minimum absolute atomic E-state index is 0.142. The summed E-state index contributed by atoms with van der Waals surface area (Å²) < 4.78 is 0.903. The molecule has 0 saturated carbocycles. The van der Waals surface area contributed by atoms with Gasteiger partial charge in [-0.15, -0.1) is 0 Å². The van der Waals surface area contributed by atoms with Crippen LogP contribution in [0.15, 0.2) is 22.8 Å². The van der Waals surface area contributed by atoms with Crippen LogP contribution in [0.4, 0.5) is 0 Å². The molecule has 3 heteroatoms. The van der Waals surface area contributed by atoms with E-state index in [1.165, 1.54) is 0 Å². The van der Waals surface area contributed by atoms with E-state index < -0.39 is 0 Å². The summed E-state index contributed by atoms with van der Waals surface area (Å²) in [4.78, 5) is 15.9. The SMILES string of the molecule is CCCC(C)CC(=O)c1ccc(Br)cn1. The average molecular weight is 270 g/mol. The molecule has 0 aliphatic rings. The molecule has 2 nitrogen and oxygen atoms in total. The van der Waals surface area contributed by atoms with Crippen LogP contribution in [0.3, 0.4) is 0 Å². The number of ketones is 1. The van der Waals surface area contributed by atoms with Crippen molar-refractivity contribution in [3.8, 4) is 0 Å². The maximum Gasteiger partial charge on any atom is 0.181 e. The molecule has 0 N–H and O–H groups in total. The van der Waals surface area contributed by atoms with Crippen molar-refractivity contribution in [2.45, 2.75) is 33.1 Å². The third-order valence-corrected chi connectivity index (χ3v) is 2.80. The van der Waals surface area contributed by atoms with Crippen molar-refractivity contribution in [2.24, 2.45) is 5.92 Å². The number of carbonyl (C=O) groups excluding carboxylic acids is 1. The molecule has 1 atom stereocenters. The van der Waals surface area contributed by atoms with Crippen LogP contribution >= 0.6 is 15.9 Å². The van der Waals surface area contributed by atoms with Crippen molar-refractivity contribution >= 4 is 21.7 Å². The zero-order chi connectivity index (χ0) is 11.3. The second-order valence-corrected chi connectivity index (χ2v) is 4.80. The second kappa shape index (κ2) is 6.01. The van der Waals surface area contributed by atoms with Gasteiger partial charge in [0.25, 0.3) is 0 Å². The van der Waals surface area contributed by atoms with E-state index in [0.717, 1.165) is 17.3 Å². The molecule has 0 bridgehead atoms. The Kier molecular flexibility index (Phi) is 4.95. The summed E-state index contributed by atoms with van der Waals surface area (Å²) in [5.41, 5.74) is 0.571. The molecule has 0 aromatic carbocycles. The number of rotatable bonds is 5. The fourth-order valence-corrected chi connectivity index (χ4v) is 1.79. The van der Waals surface area contributed by atoms with Gasteiger partial charge >= 0.3 is 0 Å². The number of hydrogen-bond donors (Lipinski definition) is 0. The molecule has 0 aliphatic carbocycles. The minimum atomic E-state index is 0.142. The highest BCUT2D eigenvalue weighted by molar-refractivity contribution is 9.10. The third-order valence-electron chi connectivity index (χ3n) is 2.33. The summed E-state index contributed by atoms with van der Waals surface area (Å²) in [7, 11) is 0. The van der Waals surface area contributed by atoms with Crippen molar-refractivity contribution < 1.29 is 4.79 Å². The molecular formula is C12H16BrNO. The predicted octanol–water partition coefficient (Wildman–Crippen LogP) is 3.85. The Bertz CT molecular complexity index is 321. The van der Waals surface area contributed by atoms with Gasteiger partial charge in [-0.2, -0.15) is 0 Å². The predicted molar refractivity (Wildman–Crippen MR) is 65.0 cm³/mol. The van der Waals surface area contributed by atoms with Crippen LogP contribution in [0.25, 0.3) is 0 Å². The zero-order valence-electron chi connectivity index (χ0n) is 9.16. The van der Waals surface area contributed by atoms with Crippen LogP contribution in [0.2, 0.25) is 0 Å². The van der Waals surface area contributed by atoms with Crippen molar-refractivity contribution in [3.05, 3.63) is 28.5 Å². The maximum absolute atomic E-state index is 11.8. The lowest BCUT2D eigenvalue weighted by atomic mass is 9.98. The summed E-state index contributed by atoms with van der Waals surface area (Å²) in [6, 6.07) is 3.62. The van der Waals surface area contributed by atoms with Gasteiger partial charge < -0.3 is 0 Å². The van der Waals surface area contributed by atoms with Gasteiger partial charge in [-0.1, -0.05) is 26.7 Å². The van der Waals surface area contributed by atoms with Crippen molar-refractivity contribution in [1.82, 2.24) is 4.98 Å². The van der Waals surface area contributed by atoms with Crippen LogP contribution in [0.5, 0.6) is 0 Å². The highest BCUT2D eigenvalue weighted by Crippen LogP contribution is 2.14. The van der Waals surface area contributed by atoms with Crippen LogP contribution in [0, 0.1) is 5.92 Å². The minimum Gasteiger partial charge on any atom is -0.292 e. The number of Topliss-reactive ketones (excluding diaryl/α,β-unsaturated/α-hetero) is 1. The summed E-state index contributed by atoms with van der Waals surface area (Å²) in [6.45, 7) is 4.25. The molecule has 0 aliphatic heterocycles. The molecule has 1 heterocycles. The van der Waals surface area contributed by atoms with Gasteiger partial charge in [0.2, 0.25) is 0 Å². The van der Waals surface area contributed by atoms with Crippen LogP contribution in [-0.4, -0.2) is 10.8 Å². The Balaban J connectivity index is 2.57. The van der Waals surface area contributed by atoms with Gasteiger partial charge in [0, 0.05) is 17.1 Å². The summed E-state index contributed by atoms with van der Waals surface area (Å²) in [6.07, 6.45) is 4.49. The van der Waals surface area contributed by atoms with Gasteiger partial charge in [0.15, 0.2) is 5.78 Å². The first kappa shape index (κ1) is 12.4. The van der Waals surface area contributed by atoms with Gasteiger partial charge in [0.05, 0.1) is 0 Å². The molecule has 1 unspecified atom stereocenters. The quantitative estimate of drug-likeness (QED) is 0.760. The van der Waals surface area contributed by atoms with Crippen LogP contribution < -0.4 is 0 Å². The zero-order valence-corrected chi connectivity index (χ0v) is 10.8. The fourth-order valence-electron chi connectivity index (χ4n) is 1.56. The van der Waals surface area contributed by atoms with E-state index in [2.05, 4.69) is 34.8 Å². The molecule has 0 saturated heterocycles. The van der Waals surface area contributed by atoms with Crippen molar-refractivity contribution in [1.29, 1.82) is 0 Å². The summed E-state index contributed by atoms with van der Waals surface area (Å²) in [5, 5.41) is 0. The Morgan fingerprint density at radius 1 is 1.53 bits per heavy atom. The van der Waals surface area contributed by atoms with E-state index >= 15 is 0 Å². The fraction of sp³-hybridized carbons (Fsp3) is 0.500. The number of halogens is 1. The van der Waals surface area contributed by atoms with Gasteiger partial charge in [-0.3, -0.25) is 9.78 Å². The van der Waals surface area contributed by atoms with E-state index in [1.807, 2.05) is 6.07 Å². The monoisotopic (exact) mass is 269 g/mol. The van der Waals surface area contributed by atoms with Crippen LogP contribution in [-0.2, 0) is 0 Å². The number of nitrogens with zero attached hydrogens (tertiary/aromatic N) is 1. The molecule has 1 rings (SSSR count). The van der Waals surface area contributed by atoms with Gasteiger partial charge in [0.1, 0.15) is 5.69 Å². The highest BCUT2D eigenvalue weighted by atomic mass is 79.9. The first-order valence-corrected chi connectivity index (χ1v) is 6.07. The Labute approximate surface area is 99.2 Å². The highest BCUT2D eigenvalue weighted by Gasteiger charge is 2.11. The van der Waals surface area contributed by atoms with E-state index in [9.17, 15) is 4.79 Å². The normalized spacial score (nSPS) is 12.5. The number of pyridine rings is 1. The van der Waals surface area contributed by atoms with E-state index in [-0.39, 0.29) is 5.78 Å². The molecule has 1 aromatic heterocycles. The largest absolute Gasteiger partial charge is 0.292 e. The lowest BCUT2D eigenvalue weighted by molar-refractivity contribution is 0.0957. The topological polar surface area (TPSA) is 30.0 Å². The lowest BCUT2D eigenvalue weighted by Gasteiger charge is -2.08. The standard InChI is InChI=1S/C12H16BrNO/c1-3-4-9(2)7-12(15)11-6-5-10(13)8-14-11/h5-6,8-9H,3-4,7H2,1-2H3. The molecule has 0 spiro atoms. The molecule has 1 aromatic rings. The number of aromatic nitrogens is 1. The number of hydrogen-bond acceptors (Lipinski definition) is 2. The third kappa shape index (κ3) is 4.12. The Hall–Kier alpha value is -0.700. The Morgan fingerprint density at radius 3 is 2.80 bits per heavy atom. The number of carbonyl (C=O) groups is 1. The molecular weight excluding hydrogens is 254 g/mol. The van der Waals surface area contributed by atoms with Gasteiger partial charge in [-0.25, -0.2) is 0 Å². The van der Waals surface area contributed by atoms with Gasteiger partial charge in [-0.05, 0) is 34.0 Å². The molecule has 0 amide bonds. The lowest BCUT2D eigenvalue weighted by Crippen LogP contribution is -2.07. The maximum atomic E-state index is 11.8. The summed E-state index contributed by atoms with van der Waals surface area (Å²) in [5.74, 6) is 0.594. The van der Waals surface area contributed by atoms with Crippen molar-refractivity contribution in [2.75, 3.05) is 0 Å². The van der Waals surface area contributed by atoms with E-state index in [0.29, 0.717) is 18.0 Å².